The van der Waals surface area contributed by atoms with E-state index in [-0.39, 0.29) is 19.1 Å². The van der Waals surface area contributed by atoms with Crippen molar-refractivity contribution >= 4 is 10.4 Å². The molecule has 1 aliphatic rings. The maximum atomic E-state index is 10.7. The van der Waals surface area contributed by atoms with Crippen molar-refractivity contribution in [3.05, 3.63) is 0 Å². The quantitative estimate of drug-likeness (QED) is 0.400. The normalized spacial score (nSPS) is 27.2. The number of hydrogen-bond donors (Lipinski definition) is 1. The van der Waals surface area contributed by atoms with Crippen LogP contribution in [0.2, 0.25) is 0 Å². The second-order valence-electron chi connectivity index (χ2n) is 7.57. The Labute approximate surface area is 153 Å². The first-order valence-electron chi connectivity index (χ1n) is 9.60. The Morgan fingerprint density at radius 2 is 1.64 bits per heavy atom. The Kier molecular flexibility index (Phi) is 9.88. The summed E-state index contributed by atoms with van der Waals surface area (Å²) in [5.41, 5.74) is 0. The fourth-order valence-electron chi connectivity index (χ4n) is 3.20. The monoisotopic (exact) mass is 380 g/mol. The van der Waals surface area contributed by atoms with Gasteiger partial charge in [-0.25, -0.2) is 4.18 Å². The SMILES string of the molecule is CCCCC(C)CCCCCC(C)C1(C)OCC(OS(=O)(=O)O)CO1. The first kappa shape index (κ1) is 22.8. The van der Waals surface area contributed by atoms with E-state index in [9.17, 15) is 8.42 Å². The molecule has 25 heavy (non-hydrogen) atoms. The zero-order valence-corrected chi connectivity index (χ0v) is 17.0. The third-order valence-electron chi connectivity index (χ3n) is 5.15. The summed E-state index contributed by atoms with van der Waals surface area (Å²) in [5, 5.41) is 0. The Bertz CT molecular complexity index is 456. The van der Waals surface area contributed by atoms with Crippen molar-refractivity contribution in [2.24, 2.45) is 11.8 Å². The lowest BCUT2D eigenvalue weighted by Crippen LogP contribution is -2.49. The zero-order valence-electron chi connectivity index (χ0n) is 16.2. The molecule has 0 aromatic heterocycles. The highest BCUT2D eigenvalue weighted by molar-refractivity contribution is 7.80. The van der Waals surface area contributed by atoms with Crippen LogP contribution in [-0.4, -0.2) is 38.1 Å². The van der Waals surface area contributed by atoms with Gasteiger partial charge in [0.2, 0.25) is 0 Å². The molecular formula is C18H36O6S. The van der Waals surface area contributed by atoms with Crippen molar-refractivity contribution in [3.63, 3.8) is 0 Å². The topological polar surface area (TPSA) is 82.1 Å². The molecule has 6 nitrogen and oxygen atoms in total. The van der Waals surface area contributed by atoms with Crippen molar-refractivity contribution in [2.75, 3.05) is 13.2 Å². The molecule has 0 aliphatic carbocycles. The van der Waals surface area contributed by atoms with Crippen LogP contribution >= 0.6 is 0 Å². The molecule has 0 spiro atoms. The third kappa shape index (κ3) is 9.33. The molecule has 0 saturated carbocycles. The average molecular weight is 381 g/mol. The second-order valence-corrected chi connectivity index (χ2v) is 8.62. The molecule has 1 saturated heterocycles. The van der Waals surface area contributed by atoms with E-state index >= 15 is 0 Å². The van der Waals surface area contributed by atoms with Gasteiger partial charge in [-0.1, -0.05) is 65.7 Å². The number of ether oxygens (including phenoxy) is 2. The van der Waals surface area contributed by atoms with E-state index in [2.05, 4.69) is 25.0 Å². The van der Waals surface area contributed by atoms with Gasteiger partial charge in [0.25, 0.3) is 0 Å². The molecule has 1 rings (SSSR count). The van der Waals surface area contributed by atoms with Crippen LogP contribution in [0.15, 0.2) is 0 Å². The van der Waals surface area contributed by atoms with Gasteiger partial charge in [-0.3, -0.25) is 4.55 Å². The molecule has 1 fully saturated rings. The molecule has 0 aromatic rings. The van der Waals surface area contributed by atoms with Crippen LogP contribution in [0.4, 0.5) is 0 Å². The van der Waals surface area contributed by atoms with Gasteiger partial charge in [0.1, 0.15) is 6.10 Å². The van der Waals surface area contributed by atoms with Crippen molar-refractivity contribution in [3.8, 4) is 0 Å². The Morgan fingerprint density at radius 1 is 1.08 bits per heavy atom. The summed E-state index contributed by atoms with van der Waals surface area (Å²) in [6.07, 6.45) is 9.06. The summed E-state index contributed by atoms with van der Waals surface area (Å²) in [4.78, 5) is 0. The molecule has 0 bridgehead atoms. The molecular weight excluding hydrogens is 344 g/mol. The van der Waals surface area contributed by atoms with Crippen molar-refractivity contribution in [1.82, 2.24) is 0 Å². The van der Waals surface area contributed by atoms with E-state index < -0.39 is 22.3 Å². The van der Waals surface area contributed by atoms with Crippen LogP contribution in [0.1, 0.15) is 79.1 Å². The molecule has 0 aromatic carbocycles. The van der Waals surface area contributed by atoms with Gasteiger partial charge in [-0.05, 0) is 19.3 Å². The molecule has 150 valence electrons. The first-order chi connectivity index (χ1) is 11.7. The molecule has 0 radical (unpaired) electrons. The fraction of sp³-hybridized carbons (Fsp3) is 1.00. The number of rotatable bonds is 12. The van der Waals surface area contributed by atoms with Gasteiger partial charge in [0.15, 0.2) is 5.79 Å². The van der Waals surface area contributed by atoms with Gasteiger partial charge in [0.05, 0.1) is 13.2 Å². The summed E-state index contributed by atoms with van der Waals surface area (Å²) >= 11 is 0. The average Bonchev–Trinajstić information content (AvgIpc) is 2.53. The predicted octanol–water partition coefficient (Wildman–Crippen LogP) is 4.35. The lowest BCUT2D eigenvalue weighted by atomic mass is 9.92. The number of hydrogen-bond acceptors (Lipinski definition) is 5. The minimum Gasteiger partial charge on any atom is -0.347 e. The summed E-state index contributed by atoms with van der Waals surface area (Å²) in [7, 11) is -4.47. The van der Waals surface area contributed by atoms with Crippen LogP contribution in [0.25, 0.3) is 0 Å². The van der Waals surface area contributed by atoms with Gasteiger partial charge in [0, 0.05) is 5.92 Å². The molecule has 0 amide bonds. The highest BCUT2D eigenvalue weighted by Gasteiger charge is 2.39. The lowest BCUT2D eigenvalue weighted by molar-refractivity contribution is -0.301. The first-order valence-corrected chi connectivity index (χ1v) is 11.0. The molecule has 1 heterocycles. The maximum absolute atomic E-state index is 10.7. The minimum absolute atomic E-state index is 0.0928. The van der Waals surface area contributed by atoms with E-state index in [4.69, 9.17) is 14.0 Å². The van der Waals surface area contributed by atoms with E-state index in [1.54, 1.807) is 0 Å². The van der Waals surface area contributed by atoms with E-state index in [0.29, 0.717) is 0 Å². The predicted molar refractivity (Wildman–Crippen MR) is 97.7 cm³/mol. The van der Waals surface area contributed by atoms with Gasteiger partial charge < -0.3 is 9.47 Å². The summed E-state index contributed by atoms with van der Waals surface area (Å²) in [5.74, 6) is 0.296. The van der Waals surface area contributed by atoms with Crippen LogP contribution in [-0.2, 0) is 24.1 Å². The van der Waals surface area contributed by atoms with Gasteiger partial charge in [-0.2, -0.15) is 8.42 Å². The number of unbranched alkanes of at least 4 members (excludes halogenated alkanes) is 3. The smallest absolute Gasteiger partial charge is 0.347 e. The van der Waals surface area contributed by atoms with Crippen LogP contribution in [0.5, 0.6) is 0 Å². The van der Waals surface area contributed by atoms with Crippen LogP contribution in [0, 0.1) is 11.8 Å². The van der Waals surface area contributed by atoms with Crippen molar-refractivity contribution in [2.45, 2.75) is 91.0 Å². The Morgan fingerprint density at radius 3 is 2.20 bits per heavy atom. The van der Waals surface area contributed by atoms with Crippen LogP contribution in [0.3, 0.4) is 0 Å². The second kappa shape index (κ2) is 10.8. The zero-order chi connectivity index (χ0) is 18.9. The Balaban J connectivity index is 2.21. The largest absolute Gasteiger partial charge is 0.397 e. The van der Waals surface area contributed by atoms with Gasteiger partial charge >= 0.3 is 10.4 Å². The highest BCUT2D eigenvalue weighted by atomic mass is 32.3. The molecule has 7 heteroatoms. The molecule has 1 N–H and O–H groups in total. The molecule has 2 atom stereocenters. The summed E-state index contributed by atoms with van der Waals surface area (Å²) < 4.78 is 46.1. The summed E-state index contributed by atoms with van der Waals surface area (Å²) in [6, 6.07) is 0. The van der Waals surface area contributed by atoms with Gasteiger partial charge in [-0.15, -0.1) is 0 Å². The standard InChI is InChI=1S/C18H36O6S/c1-5-6-10-15(2)11-8-7-9-12-16(3)18(4)22-13-17(14-23-18)24-25(19,20)21/h15-17H,5-14H2,1-4H3,(H,19,20,21). The molecule has 2 unspecified atom stereocenters. The lowest BCUT2D eigenvalue weighted by Gasteiger charge is -2.41. The fourth-order valence-corrected chi connectivity index (χ4v) is 3.65. The van der Waals surface area contributed by atoms with Crippen molar-refractivity contribution in [1.29, 1.82) is 0 Å². The summed E-state index contributed by atoms with van der Waals surface area (Å²) in [6.45, 7) is 8.74. The van der Waals surface area contributed by atoms with E-state index in [0.717, 1.165) is 18.8 Å². The highest BCUT2D eigenvalue weighted by Crippen LogP contribution is 2.31. The third-order valence-corrected chi connectivity index (χ3v) is 5.66. The van der Waals surface area contributed by atoms with Crippen LogP contribution < -0.4 is 0 Å². The maximum Gasteiger partial charge on any atom is 0.397 e. The van der Waals surface area contributed by atoms with Crippen molar-refractivity contribution < 1.29 is 26.6 Å². The van der Waals surface area contributed by atoms with E-state index in [1.807, 2.05) is 6.92 Å². The van der Waals surface area contributed by atoms with E-state index in [1.165, 1.54) is 38.5 Å². The molecule has 1 aliphatic heterocycles. The minimum atomic E-state index is -4.47. The Hall–Kier alpha value is -0.210.